The monoisotopic (exact) mass is 428 g/mol. The number of nitrogens with zero attached hydrogens (tertiary/aromatic N) is 3. The Morgan fingerprint density at radius 1 is 1.13 bits per heavy atom. The molecule has 0 amide bonds. The Morgan fingerprint density at radius 2 is 1.83 bits per heavy atom. The fourth-order valence-electron chi connectivity index (χ4n) is 3.61. The number of benzene rings is 2. The smallest absolute Gasteiger partial charge is 0.244 e. The summed E-state index contributed by atoms with van der Waals surface area (Å²) in [7, 11) is -0.180. The van der Waals surface area contributed by atoms with E-state index in [1.54, 1.807) is 12.1 Å². The summed E-state index contributed by atoms with van der Waals surface area (Å²) in [5.74, 6) is 1.62. The van der Waals surface area contributed by atoms with Crippen molar-refractivity contribution in [2.24, 2.45) is 0 Å². The van der Waals surface area contributed by atoms with Gasteiger partial charge in [-0.25, -0.2) is 13.1 Å². The second-order valence-corrected chi connectivity index (χ2v) is 9.22. The first kappa shape index (κ1) is 20.5. The van der Waals surface area contributed by atoms with E-state index in [9.17, 15) is 8.42 Å². The molecular formula is C21H24N4O4S. The van der Waals surface area contributed by atoms with E-state index in [0.29, 0.717) is 30.4 Å². The lowest BCUT2D eigenvalue weighted by Crippen LogP contribution is -2.36. The Labute approximate surface area is 175 Å². The Balaban J connectivity index is 1.46. The van der Waals surface area contributed by atoms with Gasteiger partial charge in [0.1, 0.15) is 5.75 Å². The molecule has 0 spiro atoms. The summed E-state index contributed by atoms with van der Waals surface area (Å²) in [6, 6.07) is 13.8. The number of nitrogens with one attached hydrogen (secondary N) is 1. The highest BCUT2D eigenvalue weighted by Crippen LogP contribution is 2.31. The van der Waals surface area contributed by atoms with Crippen molar-refractivity contribution in [3.05, 3.63) is 60.0 Å². The number of hydrogen-bond acceptors (Lipinski definition) is 7. The van der Waals surface area contributed by atoms with E-state index in [0.717, 1.165) is 11.1 Å². The van der Waals surface area contributed by atoms with Gasteiger partial charge in [-0.05, 0) is 44.7 Å². The first-order valence-corrected chi connectivity index (χ1v) is 11.1. The molecule has 1 aromatic heterocycles. The SMILES string of the molecule is COc1ccc(S(=O)(=O)N[C@H]2C[C@@H](c3nc(-c4ccc(C)cc4)no3)N(C)C2)cc1. The van der Waals surface area contributed by atoms with Crippen molar-refractivity contribution < 1.29 is 17.7 Å². The molecule has 3 aromatic rings. The third-order valence-electron chi connectivity index (χ3n) is 5.28. The zero-order valence-electron chi connectivity index (χ0n) is 17.1. The van der Waals surface area contributed by atoms with Crippen LogP contribution in [0.5, 0.6) is 5.75 Å². The number of ether oxygens (including phenoxy) is 1. The minimum Gasteiger partial charge on any atom is -0.497 e. The number of hydrogen-bond donors (Lipinski definition) is 1. The Kier molecular flexibility index (Phi) is 5.59. The van der Waals surface area contributed by atoms with Gasteiger partial charge in [0.05, 0.1) is 18.0 Å². The number of methoxy groups -OCH3 is 1. The molecule has 30 heavy (non-hydrogen) atoms. The molecule has 9 heteroatoms. The standard InChI is InChI=1S/C21H24N4O4S/c1-14-4-6-15(7-5-14)20-22-21(29-23-20)19-12-16(13-25(19)2)24-30(26,27)18-10-8-17(28-3)9-11-18/h4-11,16,19,24H,12-13H2,1-3H3/t16-,19-/m0/s1. The van der Waals surface area contributed by atoms with Crippen molar-refractivity contribution in [1.82, 2.24) is 19.8 Å². The minimum atomic E-state index is -3.64. The minimum absolute atomic E-state index is 0.153. The largest absolute Gasteiger partial charge is 0.497 e. The van der Waals surface area contributed by atoms with Crippen molar-refractivity contribution in [3.63, 3.8) is 0 Å². The molecule has 1 saturated heterocycles. The molecule has 1 fully saturated rings. The predicted molar refractivity (Wildman–Crippen MR) is 112 cm³/mol. The molecule has 2 atom stereocenters. The summed E-state index contributed by atoms with van der Waals surface area (Å²) in [4.78, 5) is 6.76. The molecule has 4 rings (SSSR count). The average molecular weight is 429 g/mol. The van der Waals surface area contributed by atoms with Gasteiger partial charge in [-0.15, -0.1) is 0 Å². The third kappa shape index (κ3) is 4.23. The molecule has 158 valence electrons. The summed E-state index contributed by atoms with van der Waals surface area (Å²) in [6.45, 7) is 2.56. The lowest BCUT2D eigenvalue weighted by atomic mass is 10.1. The van der Waals surface area contributed by atoms with Crippen molar-refractivity contribution in [2.75, 3.05) is 20.7 Å². The maximum Gasteiger partial charge on any atom is 0.244 e. The van der Waals surface area contributed by atoms with Crippen molar-refractivity contribution in [3.8, 4) is 17.1 Å². The highest BCUT2D eigenvalue weighted by Gasteiger charge is 2.36. The summed E-state index contributed by atoms with van der Waals surface area (Å²) in [5.41, 5.74) is 2.04. The van der Waals surface area contributed by atoms with E-state index in [1.165, 1.54) is 19.2 Å². The average Bonchev–Trinajstić information content (AvgIpc) is 3.35. The van der Waals surface area contributed by atoms with Crippen LogP contribution >= 0.6 is 0 Å². The highest BCUT2D eigenvalue weighted by molar-refractivity contribution is 7.89. The molecule has 0 saturated carbocycles. The van der Waals surface area contributed by atoms with E-state index in [-0.39, 0.29) is 17.0 Å². The fourth-order valence-corrected chi connectivity index (χ4v) is 4.85. The van der Waals surface area contributed by atoms with Crippen LogP contribution in [0, 0.1) is 6.92 Å². The van der Waals surface area contributed by atoms with Gasteiger partial charge in [-0.2, -0.15) is 4.98 Å². The van der Waals surface area contributed by atoms with Crippen LogP contribution in [0.4, 0.5) is 0 Å². The normalized spacial score (nSPS) is 19.8. The third-order valence-corrected chi connectivity index (χ3v) is 6.81. The zero-order valence-corrected chi connectivity index (χ0v) is 17.9. The number of aryl methyl sites for hydroxylation is 1. The van der Waals surface area contributed by atoms with Crippen LogP contribution in [0.15, 0.2) is 57.9 Å². The number of aromatic nitrogens is 2. The van der Waals surface area contributed by atoms with Crippen LogP contribution in [-0.4, -0.2) is 50.2 Å². The predicted octanol–water partition coefficient (Wildman–Crippen LogP) is 2.78. The van der Waals surface area contributed by atoms with Crippen LogP contribution in [0.2, 0.25) is 0 Å². The molecular weight excluding hydrogens is 404 g/mol. The van der Waals surface area contributed by atoms with Gasteiger partial charge in [0, 0.05) is 18.2 Å². The Morgan fingerprint density at radius 3 is 2.50 bits per heavy atom. The summed E-state index contributed by atoms with van der Waals surface area (Å²) in [6.07, 6.45) is 0.543. The van der Waals surface area contributed by atoms with Gasteiger partial charge in [0.15, 0.2) is 0 Å². The van der Waals surface area contributed by atoms with E-state index in [1.807, 2.05) is 43.1 Å². The fraction of sp³-hybridized carbons (Fsp3) is 0.333. The zero-order chi connectivity index (χ0) is 21.3. The second kappa shape index (κ2) is 8.17. The maximum absolute atomic E-state index is 12.7. The summed E-state index contributed by atoms with van der Waals surface area (Å²) < 4.78 is 38.8. The first-order chi connectivity index (χ1) is 14.4. The second-order valence-electron chi connectivity index (χ2n) is 7.51. The Bertz CT molecular complexity index is 1110. The molecule has 2 aromatic carbocycles. The molecule has 1 aliphatic rings. The molecule has 8 nitrogen and oxygen atoms in total. The number of sulfonamides is 1. The number of rotatable bonds is 6. The van der Waals surface area contributed by atoms with Gasteiger partial charge in [-0.3, -0.25) is 4.90 Å². The lowest BCUT2D eigenvalue weighted by Gasteiger charge is -2.14. The Hall–Kier alpha value is -2.75. The van der Waals surface area contributed by atoms with E-state index >= 15 is 0 Å². The molecule has 0 unspecified atom stereocenters. The topological polar surface area (TPSA) is 97.6 Å². The highest BCUT2D eigenvalue weighted by atomic mass is 32.2. The van der Waals surface area contributed by atoms with Crippen molar-refractivity contribution in [2.45, 2.75) is 30.3 Å². The van der Waals surface area contributed by atoms with Gasteiger partial charge >= 0.3 is 0 Å². The van der Waals surface area contributed by atoms with Gasteiger partial charge in [0.2, 0.25) is 21.7 Å². The van der Waals surface area contributed by atoms with Crippen molar-refractivity contribution >= 4 is 10.0 Å². The van der Waals surface area contributed by atoms with Crippen LogP contribution < -0.4 is 9.46 Å². The van der Waals surface area contributed by atoms with Gasteiger partial charge in [0.25, 0.3) is 0 Å². The van der Waals surface area contributed by atoms with Crippen LogP contribution in [0.3, 0.4) is 0 Å². The van der Waals surface area contributed by atoms with E-state index in [4.69, 9.17) is 9.26 Å². The maximum atomic E-state index is 12.7. The molecule has 0 radical (unpaired) electrons. The molecule has 2 heterocycles. The van der Waals surface area contributed by atoms with Crippen LogP contribution in [0.25, 0.3) is 11.4 Å². The quantitative estimate of drug-likeness (QED) is 0.645. The van der Waals surface area contributed by atoms with Crippen molar-refractivity contribution in [1.29, 1.82) is 0 Å². The lowest BCUT2D eigenvalue weighted by molar-refractivity contribution is 0.244. The molecule has 0 aliphatic carbocycles. The van der Waals surface area contributed by atoms with Gasteiger partial charge < -0.3 is 9.26 Å². The van der Waals surface area contributed by atoms with E-state index < -0.39 is 10.0 Å². The number of likely N-dealkylation sites (N-methyl/N-ethyl adjacent to an activating group) is 1. The molecule has 0 bridgehead atoms. The van der Waals surface area contributed by atoms with Crippen LogP contribution in [0.1, 0.15) is 23.9 Å². The van der Waals surface area contributed by atoms with Crippen LogP contribution in [-0.2, 0) is 10.0 Å². The summed E-state index contributed by atoms with van der Waals surface area (Å²) in [5, 5.41) is 4.10. The van der Waals surface area contributed by atoms with E-state index in [2.05, 4.69) is 14.9 Å². The number of likely N-dealkylation sites (tertiary alicyclic amines) is 1. The molecule has 1 aliphatic heterocycles. The van der Waals surface area contributed by atoms with Gasteiger partial charge in [-0.1, -0.05) is 35.0 Å². The summed E-state index contributed by atoms with van der Waals surface area (Å²) >= 11 is 0. The molecule has 1 N–H and O–H groups in total. The first-order valence-electron chi connectivity index (χ1n) is 9.63.